The number of hydrogen-bond donors (Lipinski definition) is 2. The van der Waals surface area contributed by atoms with Crippen molar-refractivity contribution >= 4 is 29.1 Å². The summed E-state index contributed by atoms with van der Waals surface area (Å²) in [5, 5.41) is 6.18. The van der Waals surface area contributed by atoms with Crippen LogP contribution in [-0.2, 0) is 14.3 Å². The van der Waals surface area contributed by atoms with Gasteiger partial charge in [-0.2, -0.15) is 0 Å². The molecular weight excluding hydrogens is 318 g/mol. The van der Waals surface area contributed by atoms with Crippen LogP contribution in [-0.4, -0.2) is 57.1 Å². The molecule has 2 amide bonds. The van der Waals surface area contributed by atoms with E-state index < -0.39 is 0 Å². The van der Waals surface area contributed by atoms with E-state index in [9.17, 15) is 9.59 Å². The van der Waals surface area contributed by atoms with Crippen LogP contribution in [0.5, 0.6) is 0 Å². The maximum Gasteiger partial charge on any atom is 0.238 e. The summed E-state index contributed by atoms with van der Waals surface area (Å²) in [7, 11) is 3.34. The van der Waals surface area contributed by atoms with E-state index in [2.05, 4.69) is 10.6 Å². The number of hydrogen-bond acceptors (Lipinski definition) is 4. The lowest BCUT2D eigenvalue weighted by Crippen LogP contribution is -2.39. The molecule has 0 aliphatic carbocycles. The summed E-state index contributed by atoms with van der Waals surface area (Å²) >= 11 is 6.02. The second kappa shape index (κ2) is 10.2. The molecule has 0 spiro atoms. The first-order valence-corrected chi connectivity index (χ1v) is 7.81. The van der Waals surface area contributed by atoms with Crippen LogP contribution in [0.3, 0.4) is 0 Å². The highest BCUT2D eigenvalue weighted by molar-refractivity contribution is 6.31. The molecule has 0 heterocycles. The van der Waals surface area contributed by atoms with E-state index >= 15 is 0 Å². The van der Waals surface area contributed by atoms with E-state index in [4.69, 9.17) is 16.3 Å². The summed E-state index contributed by atoms with van der Waals surface area (Å²) in [6, 6.07) is 5.34. The van der Waals surface area contributed by atoms with Crippen LogP contribution in [0.4, 0.5) is 5.69 Å². The fraction of sp³-hybridized carbons (Fsp3) is 0.500. The van der Waals surface area contributed by atoms with Gasteiger partial charge in [0.15, 0.2) is 0 Å². The Hall–Kier alpha value is -1.63. The predicted molar refractivity (Wildman–Crippen MR) is 91.8 cm³/mol. The van der Waals surface area contributed by atoms with E-state index in [0.717, 1.165) is 12.0 Å². The minimum Gasteiger partial charge on any atom is -0.385 e. The summed E-state index contributed by atoms with van der Waals surface area (Å²) in [5.41, 5.74) is 1.50. The zero-order valence-electron chi connectivity index (χ0n) is 13.8. The molecule has 1 rings (SSSR count). The first-order chi connectivity index (χ1) is 10.9. The van der Waals surface area contributed by atoms with Crippen molar-refractivity contribution in [3.05, 3.63) is 28.8 Å². The molecule has 128 valence electrons. The number of halogens is 1. The Bertz CT molecular complexity index is 537. The molecule has 0 aliphatic heterocycles. The molecular formula is C16H24ClN3O3. The molecule has 6 nitrogen and oxygen atoms in total. The Kier molecular flexibility index (Phi) is 8.61. The quantitative estimate of drug-likeness (QED) is 0.670. The molecule has 0 atom stereocenters. The van der Waals surface area contributed by atoms with Gasteiger partial charge in [0.05, 0.1) is 13.1 Å². The van der Waals surface area contributed by atoms with E-state index in [0.29, 0.717) is 23.9 Å². The summed E-state index contributed by atoms with van der Waals surface area (Å²) in [6.07, 6.45) is 0.764. The van der Waals surface area contributed by atoms with Gasteiger partial charge in [0, 0.05) is 31.0 Å². The molecule has 0 aliphatic rings. The average molecular weight is 342 g/mol. The largest absolute Gasteiger partial charge is 0.385 e. The molecule has 0 saturated heterocycles. The molecule has 0 fully saturated rings. The highest BCUT2D eigenvalue weighted by atomic mass is 35.5. The van der Waals surface area contributed by atoms with E-state index in [1.807, 2.05) is 6.92 Å². The second-order valence-corrected chi connectivity index (χ2v) is 5.74. The third-order valence-electron chi connectivity index (χ3n) is 3.22. The zero-order chi connectivity index (χ0) is 17.2. The smallest absolute Gasteiger partial charge is 0.238 e. The van der Waals surface area contributed by atoms with Crippen molar-refractivity contribution in [1.29, 1.82) is 0 Å². The standard InChI is InChI=1S/C16H24ClN3O3/c1-12-13(17)6-4-7-14(12)19-16(22)11-20(2)10-15(21)18-8-5-9-23-3/h4,6-7H,5,8-11H2,1-3H3,(H,18,21)(H,19,22). The minimum atomic E-state index is -0.190. The number of nitrogens with one attached hydrogen (secondary N) is 2. The Morgan fingerprint density at radius 2 is 1.96 bits per heavy atom. The number of anilines is 1. The van der Waals surface area contributed by atoms with Gasteiger partial charge in [-0.1, -0.05) is 17.7 Å². The van der Waals surface area contributed by atoms with Crippen molar-refractivity contribution in [1.82, 2.24) is 10.2 Å². The predicted octanol–water partition coefficient (Wildman–Crippen LogP) is 1.67. The zero-order valence-corrected chi connectivity index (χ0v) is 14.6. The molecule has 1 aromatic carbocycles. The van der Waals surface area contributed by atoms with Crippen LogP contribution in [0.15, 0.2) is 18.2 Å². The van der Waals surface area contributed by atoms with Crippen molar-refractivity contribution in [3.8, 4) is 0 Å². The summed E-state index contributed by atoms with van der Waals surface area (Å²) < 4.78 is 4.91. The van der Waals surface area contributed by atoms with Gasteiger partial charge in [0.1, 0.15) is 0 Å². The topological polar surface area (TPSA) is 70.7 Å². The first-order valence-electron chi connectivity index (χ1n) is 7.43. The van der Waals surface area contributed by atoms with Gasteiger partial charge < -0.3 is 15.4 Å². The highest BCUT2D eigenvalue weighted by Crippen LogP contribution is 2.22. The SMILES string of the molecule is COCCCNC(=O)CN(C)CC(=O)Nc1cccc(Cl)c1C. The molecule has 2 N–H and O–H groups in total. The van der Waals surface area contributed by atoms with Gasteiger partial charge in [0.2, 0.25) is 11.8 Å². The van der Waals surface area contributed by atoms with Gasteiger partial charge in [0.25, 0.3) is 0 Å². The van der Waals surface area contributed by atoms with Crippen LogP contribution >= 0.6 is 11.6 Å². The lowest BCUT2D eigenvalue weighted by molar-refractivity contribution is -0.123. The monoisotopic (exact) mass is 341 g/mol. The van der Waals surface area contributed by atoms with E-state index in [1.165, 1.54) is 0 Å². The lowest BCUT2D eigenvalue weighted by Gasteiger charge is -2.16. The molecule has 0 bridgehead atoms. The maximum atomic E-state index is 12.0. The minimum absolute atomic E-state index is 0.115. The fourth-order valence-electron chi connectivity index (χ4n) is 1.98. The number of carbonyl (C=O) groups is 2. The van der Waals surface area contributed by atoms with Crippen LogP contribution in [0.2, 0.25) is 5.02 Å². The highest BCUT2D eigenvalue weighted by Gasteiger charge is 2.12. The number of methoxy groups -OCH3 is 1. The number of rotatable bonds is 9. The average Bonchev–Trinajstić information content (AvgIpc) is 2.48. The molecule has 1 aromatic rings. The van der Waals surface area contributed by atoms with Crippen molar-refractivity contribution in [2.24, 2.45) is 0 Å². The lowest BCUT2D eigenvalue weighted by atomic mass is 10.2. The molecule has 7 heteroatoms. The van der Waals surface area contributed by atoms with Crippen LogP contribution in [0.25, 0.3) is 0 Å². The Morgan fingerprint density at radius 1 is 1.26 bits per heavy atom. The molecule has 23 heavy (non-hydrogen) atoms. The number of nitrogens with zero attached hydrogens (tertiary/aromatic N) is 1. The number of benzene rings is 1. The third kappa shape index (κ3) is 7.45. The number of likely N-dealkylation sites (N-methyl/N-ethyl adjacent to an activating group) is 1. The Labute approximate surface area is 142 Å². The van der Waals surface area contributed by atoms with Crippen LogP contribution < -0.4 is 10.6 Å². The molecule has 0 aromatic heterocycles. The summed E-state index contributed by atoms with van der Waals surface area (Å²) in [5.74, 6) is -0.305. The van der Waals surface area contributed by atoms with Crippen molar-refractivity contribution in [3.63, 3.8) is 0 Å². The number of carbonyl (C=O) groups excluding carboxylic acids is 2. The molecule has 0 radical (unpaired) electrons. The van der Waals surface area contributed by atoms with Crippen molar-refractivity contribution in [2.45, 2.75) is 13.3 Å². The number of ether oxygens (including phenoxy) is 1. The number of amides is 2. The second-order valence-electron chi connectivity index (χ2n) is 5.33. The van der Waals surface area contributed by atoms with Crippen LogP contribution in [0, 0.1) is 6.92 Å². The van der Waals surface area contributed by atoms with Gasteiger partial charge in [-0.25, -0.2) is 0 Å². The maximum absolute atomic E-state index is 12.0. The summed E-state index contributed by atoms with van der Waals surface area (Å²) in [4.78, 5) is 25.4. The first kappa shape index (κ1) is 19.4. The normalized spacial score (nSPS) is 10.7. The Morgan fingerprint density at radius 3 is 2.65 bits per heavy atom. The fourth-order valence-corrected chi connectivity index (χ4v) is 2.15. The van der Waals surface area contributed by atoms with Crippen LogP contribution in [0.1, 0.15) is 12.0 Å². The van der Waals surface area contributed by atoms with E-state index in [1.54, 1.807) is 37.3 Å². The summed E-state index contributed by atoms with van der Waals surface area (Å²) in [6.45, 7) is 3.30. The van der Waals surface area contributed by atoms with Crippen molar-refractivity contribution in [2.75, 3.05) is 45.7 Å². The van der Waals surface area contributed by atoms with Gasteiger partial charge in [-0.05, 0) is 38.1 Å². The Balaban J connectivity index is 2.36. The third-order valence-corrected chi connectivity index (χ3v) is 3.63. The van der Waals surface area contributed by atoms with Crippen molar-refractivity contribution < 1.29 is 14.3 Å². The van der Waals surface area contributed by atoms with Gasteiger partial charge in [-0.3, -0.25) is 14.5 Å². The molecule has 0 saturated carbocycles. The van der Waals surface area contributed by atoms with E-state index in [-0.39, 0.29) is 24.9 Å². The van der Waals surface area contributed by atoms with Gasteiger partial charge >= 0.3 is 0 Å². The van der Waals surface area contributed by atoms with Gasteiger partial charge in [-0.15, -0.1) is 0 Å². The molecule has 0 unspecified atom stereocenters.